The standard InChI is InChI=1S/C24H38O/c1-3-5-6-7-8-9-10-11-12-13-14-15-16-17-22-25-24-20-18-23(4-2)19-21-24/h2,18-21H,3,5-17,22H2,1H3. The molecule has 1 heteroatoms. The van der Waals surface area contributed by atoms with Gasteiger partial charge in [-0.2, -0.15) is 0 Å². The molecule has 1 rings (SSSR count). The molecular weight excluding hydrogens is 304 g/mol. The molecule has 0 aliphatic rings. The van der Waals surface area contributed by atoms with Crippen LogP contribution in [0, 0.1) is 12.3 Å². The Labute approximate surface area is 156 Å². The molecule has 0 aliphatic heterocycles. The fourth-order valence-electron chi connectivity index (χ4n) is 3.13. The van der Waals surface area contributed by atoms with E-state index in [1.165, 1.54) is 83.5 Å². The van der Waals surface area contributed by atoms with Crippen molar-refractivity contribution in [2.24, 2.45) is 0 Å². The molecule has 1 nitrogen and oxygen atoms in total. The Kier molecular flexibility index (Phi) is 13.9. The van der Waals surface area contributed by atoms with Gasteiger partial charge in [0.15, 0.2) is 0 Å². The summed E-state index contributed by atoms with van der Waals surface area (Å²) in [7, 11) is 0. The minimum Gasteiger partial charge on any atom is -0.494 e. The molecule has 0 aliphatic carbocycles. The van der Waals surface area contributed by atoms with Crippen LogP contribution >= 0.6 is 0 Å². The highest BCUT2D eigenvalue weighted by molar-refractivity contribution is 5.36. The number of unbranched alkanes of at least 4 members (excludes halogenated alkanes) is 13. The van der Waals surface area contributed by atoms with Gasteiger partial charge in [-0.3, -0.25) is 0 Å². The SMILES string of the molecule is C#Cc1ccc(OCCCCCCCCCCCCCCCC)cc1. The minimum absolute atomic E-state index is 0.813. The molecule has 0 amide bonds. The number of terminal acetylenes is 1. The van der Waals surface area contributed by atoms with Crippen molar-refractivity contribution in [3.05, 3.63) is 29.8 Å². The van der Waals surface area contributed by atoms with Crippen molar-refractivity contribution < 1.29 is 4.74 Å². The van der Waals surface area contributed by atoms with E-state index in [1.54, 1.807) is 0 Å². The van der Waals surface area contributed by atoms with Gasteiger partial charge < -0.3 is 4.74 Å². The Morgan fingerprint density at radius 2 is 1.12 bits per heavy atom. The summed E-state index contributed by atoms with van der Waals surface area (Å²) >= 11 is 0. The Hall–Kier alpha value is -1.42. The maximum Gasteiger partial charge on any atom is 0.119 e. The van der Waals surface area contributed by atoms with E-state index >= 15 is 0 Å². The van der Waals surface area contributed by atoms with Crippen LogP contribution in [0.5, 0.6) is 5.75 Å². The van der Waals surface area contributed by atoms with Crippen LogP contribution in [0.2, 0.25) is 0 Å². The van der Waals surface area contributed by atoms with Gasteiger partial charge >= 0.3 is 0 Å². The molecule has 0 unspecified atom stereocenters. The molecule has 0 atom stereocenters. The minimum atomic E-state index is 0.813. The van der Waals surface area contributed by atoms with Crippen molar-refractivity contribution in [3.63, 3.8) is 0 Å². The third-order valence-corrected chi connectivity index (χ3v) is 4.79. The summed E-state index contributed by atoms with van der Waals surface area (Å²) in [6, 6.07) is 7.78. The number of ether oxygens (including phenoxy) is 1. The summed E-state index contributed by atoms with van der Waals surface area (Å²) < 4.78 is 5.74. The van der Waals surface area contributed by atoms with Gasteiger partial charge in [0.2, 0.25) is 0 Å². The lowest BCUT2D eigenvalue weighted by atomic mass is 10.0. The third-order valence-electron chi connectivity index (χ3n) is 4.79. The van der Waals surface area contributed by atoms with Gasteiger partial charge in [-0.15, -0.1) is 6.42 Å². The second-order valence-electron chi connectivity index (χ2n) is 7.11. The van der Waals surface area contributed by atoms with Crippen molar-refractivity contribution in [2.45, 2.75) is 96.8 Å². The molecule has 0 N–H and O–H groups in total. The van der Waals surface area contributed by atoms with Crippen LogP contribution in [0.4, 0.5) is 0 Å². The fourth-order valence-corrected chi connectivity index (χ4v) is 3.13. The molecule has 0 saturated carbocycles. The first kappa shape index (κ1) is 21.6. The maximum atomic E-state index is 5.74. The highest BCUT2D eigenvalue weighted by atomic mass is 16.5. The van der Waals surface area contributed by atoms with Gasteiger partial charge in [-0.1, -0.05) is 96.3 Å². The fraction of sp³-hybridized carbons (Fsp3) is 0.667. The number of benzene rings is 1. The topological polar surface area (TPSA) is 9.23 Å². The van der Waals surface area contributed by atoms with Crippen molar-refractivity contribution in [2.75, 3.05) is 6.61 Å². The number of rotatable bonds is 16. The molecule has 1 aromatic rings. The van der Waals surface area contributed by atoms with Crippen molar-refractivity contribution in [1.29, 1.82) is 0 Å². The summed E-state index contributed by atoms with van der Waals surface area (Å²) in [5.41, 5.74) is 0.906. The van der Waals surface area contributed by atoms with E-state index in [2.05, 4.69) is 12.8 Å². The maximum absolute atomic E-state index is 5.74. The predicted octanol–water partition coefficient (Wildman–Crippen LogP) is 7.53. The molecule has 140 valence electrons. The molecular formula is C24H38O. The zero-order valence-corrected chi connectivity index (χ0v) is 16.4. The Bertz CT molecular complexity index is 440. The smallest absolute Gasteiger partial charge is 0.119 e. The lowest BCUT2D eigenvalue weighted by molar-refractivity contribution is 0.304. The molecule has 0 radical (unpaired) electrons. The average molecular weight is 343 g/mol. The zero-order chi connectivity index (χ0) is 18.0. The first-order valence-electron chi connectivity index (χ1n) is 10.6. The van der Waals surface area contributed by atoms with Gasteiger partial charge in [0.05, 0.1) is 6.61 Å². The van der Waals surface area contributed by atoms with Crippen LogP contribution in [0.25, 0.3) is 0 Å². The van der Waals surface area contributed by atoms with Crippen LogP contribution < -0.4 is 4.74 Å². The summed E-state index contributed by atoms with van der Waals surface area (Å²) in [6.07, 6.45) is 24.8. The van der Waals surface area contributed by atoms with Crippen molar-refractivity contribution in [3.8, 4) is 18.1 Å². The van der Waals surface area contributed by atoms with Crippen LogP contribution in [0.1, 0.15) is 102 Å². The lowest BCUT2D eigenvalue weighted by Gasteiger charge is -2.06. The molecule has 0 fully saturated rings. The van der Waals surface area contributed by atoms with E-state index in [0.717, 1.165) is 24.3 Å². The van der Waals surface area contributed by atoms with Gasteiger partial charge in [0, 0.05) is 5.56 Å². The molecule has 0 saturated heterocycles. The zero-order valence-electron chi connectivity index (χ0n) is 16.4. The van der Waals surface area contributed by atoms with Gasteiger partial charge in [-0.05, 0) is 30.7 Å². The van der Waals surface area contributed by atoms with Crippen LogP contribution in [0.3, 0.4) is 0 Å². The third kappa shape index (κ3) is 12.6. The largest absolute Gasteiger partial charge is 0.494 e. The molecule has 0 bridgehead atoms. The highest BCUT2D eigenvalue weighted by Gasteiger charge is 1.96. The van der Waals surface area contributed by atoms with E-state index in [0.29, 0.717) is 0 Å². The summed E-state index contributed by atoms with van der Waals surface area (Å²) in [4.78, 5) is 0. The van der Waals surface area contributed by atoms with E-state index in [-0.39, 0.29) is 0 Å². The van der Waals surface area contributed by atoms with Crippen LogP contribution in [-0.4, -0.2) is 6.61 Å². The highest BCUT2D eigenvalue weighted by Crippen LogP contribution is 2.14. The van der Waals surface area contributed by atoms with Crippen LogP contribution in [-0.2, 0) is 0 Å². The first-order chi connectivity index (χ1) is 12.4. The molecule has 25 heavy (non-hydrogen) atoms. The number of hydrogen-bond acceptors (Lipinski definition) is 1. The van der Waals surface area contributed by atoms with Crippen molar-refractivity contribution >= 4 is 0 Å². The monoisotopic (exact) mass is 342 g/mol. The normalized spacial score (nSPS) is 10.6. The molecule has 0 spiro atoms. The quantitative estimate of drug-likeness (QED) is 0.223. The Balaban J connectivity index is 1.79. The van der Waals surface area contributed by atoms with E-state index in [9.17, 15) is 0 Å². The van der Waals surface area contributed by atoms with Crippen molar-refractivity contribution in [1.82, 2.24) is 0 Å². The molecule has 0 aromatic heterocycles. The van der Waals surface area contributed by atoms with E-state index < -0.39 is 0 Å². The van der Waals surface area contributed by atoms with Gasteiger partial charge in [0.1, 0.15) is 5.75 Å². The van der Waals surface area contributed by atoms with Gasteiger partial charge in [-0.25, -0.2) is 0 Å². The summed E-state index contributed by atoms with van der Waals surface area (Å²) in [5.74, 6) is 3.55. The van der Waals surface area contributed by atoms with Crippen LogP contribution in [0.15, 0.2) is 24.3 Å². The second kappa shape index (κ2) is 16.1. The van der Waals surface area contributed by atoms with E-state index in [1.807, 2.05) is 24.3 Å². The van der Waals surface area contributed by atoms with Gasteiger partial charge in [0.25, 0.3) is 0 Å². The van der Waals surface area contributed by atoms with E-state index in [4.69, 9.17) is 11.2 Å². The second-order valence-corrected chi connectivity index (χ2v) is 7.11. The summed E-state index contributed by atoms with van der Waals surface area (Å²) in [6.45, 7) is 3.10. The first-order valence-corrected chi connectivity index (χ1v) is 10.6. The molecule has 1 aromatic carbocycles. The Morgan fingerprint density at radius 3 is 1.56 bits per heavy atom. The predicted molar refractivity (Wildman–Crippen MR) is 110 cm³/mol. The lowest BCUT2D eigenvalue weighted by Crippen LogP contribution is -1.97. The average Bonchev–Trinajstić information content (AvgIpc) is 2.65. The number of hydrogen-bond donors (Lipinski definition) is 0. The Morgan fingerprint density at radius 1 is 0.680 bits per heavy atom. The summed E-state index contributed by atoms with van der Waals surface area (Å²) in [5, 5.41) is 0. The molecule has 0 heterocycles.